The summed E-state index contributed by atoms with van der Waals surface area (Å²) in [6.07, 6.45) is 0.758. The van der Waals surface area contributed by atoms with Crippen LogP contribution in [0.25, 0.3) is 0 Å². The normalized spacial score (nSPS) is 11.8. The monoisotopic (exact) mass is 425 g/mol. The van der Waals surface area contributed by atoms with Crippen LogP contribution in [0.4, 0.5) is 4.39 Å². The fourth-order valence-corrected chi connectivity index (χ4v) is 3.43. The summed E-state index contributed by atoms with van der Waals surface area (Å²) in [6, 6.07) is 12.8. The quantitative estimate of drug-likeness (QED) is 0.672. The lowest BCUT2D eigenvalue weighted by Crippen LogP contribution is -2.32. The minimum absolute atomic E-state index is 0.0315. The number of ether oxygens (including phenoxy) is 1. The molecule has 0 aliphatic rings. The molecule has 1 unspecified atom stereocenters. The highest BCUT2D eigenvalue weighted by molar-refractivity contribution is 9.10. The molecule has 2 rings (SSSR count). The fraction of sp³-hybridized carbons (Fsp3) is 0.316. The second-order valence-corrected chi connectivity index (χ2v) is 7.82. The standard InChI is InChI=1S/C19H21BrFNO2S/c1-13(25-12-15-5-6-16(20)11-18(15)21)19(23)22-10-9-14-3-7-17(24-2)8-4-14/h3-8,11,13H,9-10,12H2,1-2H3,(H,22,23). The first-order chi connectivity index (χ1) is 12.0. The third-order valence-electron chi connectivity index (χ3n) is 3.75. The van der Waals surface area contributed by atoms with E-state index < -0.39 is 0 Å². The van der Waals surface area contributed by atoms with Gasteiger partial charge < -0.3 is 10.1 Å². The van der Waals surface area contributed by atoms with E-state index in [-0.39, 0.29) is 17.0 Å². The molecule has 1 atom stereocenters. The Labute approximate surface area is 160 Å². The highest BCUT2D eigenvalue weighted by Crippen LogP contribution is 2.22. The smallest absolute Gasteiger partial charge is 0.232 e. The number of benzene rings is 2. The largest absolute Gasteiger partial charge is 0.497 e. The van der Waals surface area contributed by atoms with Gasteiger partial charge in [-0.3, -0.25) is 4.79 Å². The Kier molecular flexibility index (Phi) is 7.78. The molecule has 0 spiro atoms. The van der Waals surface area contributed by atoms with E-state index >= 15 is 0 Å². The number of hydrogen-bond donors (Lipinski definition) is 1. The van der Waals surface area contributed by atoms with Crippen LogP contribution < -0.4 is 10.1 Å². The summed E-state index contributed by atoms with van der Waals surface area (Å²) in [4.78, 5) is 12.1. The lowest BCUT2D eigenvalue weighted by atomic mass is 10.1. The van der Waals surface area contributed by atoms with Crippen molar-refractivity contribution in [2.24, 2.45) is 0 Å². The summed E-state index contributed by atoms with van der Waals surface area (Å²) in [7, 11) is 1.63. The second kappa shape index (κ2) is 9.82. The van der Waals surface area contributed by atoms with Crippen molar-refractivity contribution in [3.8, 4) is 5.75 Å². The predicted molar refractivity (Wildman–Crippen MR) is 105 cm³/mol. The molecule has 0 bridgehead atoms. The summed E-state index contributed by atoms with van der Waals surface area (Å²) in [5.74, 6) is 0.995. The topological polar surface area (TPSA) is 38.3 Å². The van der Waals surface area contributed by atoms with Crippen molar-refractivity contribution in [2.45, 2.75) is 24.3 Å². The van der Waals surface area contributed by atoms with Gasteiger partial charge in [-0.25, -0.2) is 4.39 Å². The number of nitrogens with one attached hydrogen (secondary N) is 1. The first-order valence-electron chi connectivity index (χ1n) is 7.95. The van der Waals surface area contributed by atoms with Gasteiger partial charge in [-0.05, 0) is 48.7 Å². The Morgan fingerprint density at radius 1 is 1.28 bits per heavy atom. The minimum Gasteiger partial charge on any atom is -0.497 e. The molecule has 134 valence electrons. The molecule has 2 aromatic carbocycles. The molecular formula is C19H21BrFNO2S. The zero-order valence-corrected chi connectivity index (χ0v) is 16.6. The molecule has 0 saturated heterocycles. The summed E-state index contributed by atoms with van der Waals surface area (Å²) in [5.41, 5.74) is 1.74. The molecule has 1 N–H and O–H groups in total. The van der Waals surface area contributed by atoms with Gasteiger partial charge in [-0.15, -0.1) is 11.8 Å². The minimum atomic E-state index is -0.256. The van der Waals surface area contributed by atoms with Crippen LogP contribution in [-0.4, -0.2) is 24.8 Å². The number of carbonyl (C=O) groups is 1. The zero-order valence-electron chi connectivity index (χ0n) is 14.2. The van der Waals surface area contributed by atoms with Crippen molar-refractivity contribution in [3.05, 3.63) is 63.9 Å². The number of halogens is 2. The van der Waals surface area contributed by atoms with E-state index in [1.54, 1.807) is 19.2 Å². The molecule has 0 saturated carbocycles. The van der Waals surface area contributed by atoms with E-state index in [0.717, 1.165) is 17.7 Å². The Hall–Kier alpha value is -1.53. The summed E-state index contributed by atoms with van der Waals surface area (Å²) in [5, 5.41) is 2.69. The lowest BCUT2D eigenvalue weighted by molar-refractivity contribution is -0.120. The van der Waals surface area contributed by atoms with Crippen molar-refractivity contribution in [1.82, 2.24) is 5.32 Å². The van der Waals surface area contributed by atoms with E-state index in [2.05, 4.69) is 21.2 Å². The Bertz CT molecular complexity index is 709. The van der Waals surface area contributed by atoms with Crippen molar-refractivity contribution in [1.29, 1.82) is 0 Å². The van der Waals surface area contributed by atoms with E-state index in [9.17, 15) is 9.18 Å². The van der Waals surface area contributed by atoms with Crippen molar-refractivity contribution < 1.29 is 13.9 Å². The van der Waals surface area contributed by atoms with E-state index in [1.165, 1.54) is 17.8 Å². The fourth-order valence-electron chi connectivity index (χ4n) is 2.20. The zero-order chi connectivity index (χ0) is 18.2. The number of hydrogen-bond acceptors (Lipinski definition) is 3. The highest BCUT2D eigenvalue weighted by atomic mass is 79.9. The van der Waals surface area contributed by atoms with Crippen molar-refractivity contribution in [3.63, 3.8) is 0 Å². The molecule has 0 radical (unpaired) electrons. The van der Waals surface area contributed by atoms with Gasteiger partial charge in [0.2, 0.25) is 5.91 Å². The van der Waals surface area contributed by atoms with Crippen LogP contribution in [0.15, 0.2) is 46.9 Å². The van der Waals surface area contributed by atoms with Crippen LogP contribution in [0.1, 0.15) is 18.1 Å². The molecular weight excluding hydrogens is 405 g/mol. The SMILES string of the molecule is COc1ccc(CCNC(=O)C(C)SCc2ccc(Br)cc2F)cc1. The Balaban J connectivity index is 1.74. The average molecular weight is 426 g/mol. The first-order valence-corrected chi connectivity index (χ1v) is 9.80. The maximum absolute atomic E-state index is 13.8. The number of thioether (sulfide) groups is 1. The Morgan fingerprint density at radius 3 is 2.64 bits per heavy atom. The van der Waals surface area contributed by atoms with Crippen molar-refractivity contribution in [2.75, 3.05) is 13.7 Å². The van der Waals surface area contributed by atoms with Crippen LogP contribution in [0.2, 0.25) is 0 Å². The van der Waals surface area contributed by atoms with Crippen LogP contribution >= 0.6 is 27.7 Å². The van der Waals surface area contributed by atoms with Crippen molar-refractivity contribution >= 4 is 33.6 Å². The van der Waals surface area contributed by atoms with Crippen LogP contribution in [0.3, 0.4) is 0 Å². The van der Waals surface area contributed by atoms with Crippen LogP contribution in [-0.2, 0) is 17.0 Å². The van der Waals surface area contributed by atoms with E-state index in [1.807, 2.05) is 31.2 Å². The van der Waals surface area contributed by atoms with Gasteiger partial charge in [0.25, 0.3) is 0 Å². The lowest BCUT2D eigenvalue weighted by Gasteiger charge is -2.12. The number of carbonyl (C=O) groups excluding carboxylic acids is 1. The summed E-state index contributed by atoms with van der Waals surface area (Å²) >= 11 is 4.66. The molecule has 0 aliphatic carbocycles. The van der Waals surface area contributed by atoms with Gasteiger partial charge in [-0.1, -0.05) is 34.1 Å². The van der Waals surface area contributed by atoms with Crippen LogP contribution in [0.5, 0.6) is 5.75 Å². The molecule has 2 aromatic rings. The molecule has 6 heteroatoms. The number of amides is 1. The summed E-state index contributed by atoms with van der Waals surface area (Å²) < 4.78 is 19.6. The highest BCUT2D eigenvalue weighted by Gasteiger charge is 2.14. The third-order valence-corrected chi connectivity index (χ3v) is 5.43. The van der Waals surface area contributed by atoms with E-state index in [4.69, 9.17) is 4.74 Å². The summed E-state index contributed by atoms with van der Waals surface area (Å²) in [6.45, 7) is 2.41. The van der Waals surface area contributed by atoms with Gasteiger partial charge in [0, 0.05) is 16.8 Å². The first kappa shape index (κ1) is 19.8. The molecule has 0 fully saturated rings. The van der Waals surface area contributed by atoms with Gasteiger partial charge in [0.15, 0.2) is 0 Å². The van der Waals surface area contributed by atoms with Gasteiger partial charge in [0.1, 0.15) is 11.6 Å². The van der Waals surface area contributed by atoms with E-state index in [0.29, 0.717) is 22.3 Å². The number of rotatable bonds is 8. The second-order valence-electron chi connectivity index (χ2n) is 5.58. The van der Waals surface area contributed by atoms with Gasteiger partial charge in [-0.2, -0.15) is 0 Å². The van der Waals surface area contributed by atoms with Gasteiger partial charge >= 0.3 is 0 Å². The maximum atomic E-state index is 13.8. The molecule has 0 heterocycles. The molecule has 0 aromatic heterocycles. The van der Waals surface area contributed by atoms with Crippen LogP contribution in [0, 0.1) is 5.82 Å². The molecule has 0 aliphatic heterocycles. The Morgan fingerprint density at radius 2 is 2.00 bits per heavy atom. The molecule has 25 heavy (non-hydrogen) atoms. The maximum Gasteiger partial charge on any atom is 0.232 e. The predicted octanol–water partition coefficient (Wildman–Crippen LogP) is 4.58. The average Bonchev–Trinajstić information content (AvgIpc) is 2.61. The van der Waals surface area contributed by atoms with Gasteiger partial charge in [0.05, 0.1) is 12.4 Å². The molecule has 1 amide bonds. The third kappa shape index (κ3) is 6.36. The molecule has 3 nitrogen and oxygen atoms in total. The number of methoxy groups -OCH3 is 1.